The van der Waals surface area contributed by atoms with E-state index in [0.717, 1.165) is 13.0 Å². The van der Waals surface area contributed by atoms with E-state index in [1.54, 1.807) is 13.0 Å². The molecule has 2 N–H and O–H groups in total. The molecule has 0 fully saturated rings. The maximum Gasteiger partial charge on any atom is 0.320 e. The predicted molar refractivity (Wildman–Crippen MR) is 76.6 cm³/mol. The number of carbonyl (C=O) groups is 1. The van der Waals surface area contributed by atoms with Crippen molar-refractivity contribution in [1.82, 2.24) is 25.2 Å². The third-order valence-electron chi connectivity index (χ3n) is 2.79. The summed E-state index contributed by atoms with van der Waals surface area (Å²) in [6, 6.07) is 1.40. The molecule has 0 bridgehead atoms. The number of urea groups is 1. The standard InChI is InChI=1S/C13H20N6O2/c1-9(2)4-6-19-7-5-11(17-19)16-13(20)14-8-12-15-10(3)18-21-12/h5,7,9H,4,6,8H2,1-3H3,(H2,14,16,17,20). The Balaban J connectivity index is 1.77. The van der Waals surface area contributed by atoms with Crippen LogP contribution in [0, 0.1) is 12.8 Å². The summed E-state index contributed by atoms with van der Waals surface area (Å²) in [5.41, 5.74) is 0. The fourth-order valence-electron chi connectivity index (χ4n) is 1.67. The Bertz CT molecular complexity index is 589. The van der Waals surface area contributed by atoms with Crippen molar-refractivity contribution in [1.29, 1.82) is 0 Å². The van der Waals surface area contributed by atoms with Crippen molar-refractivity contribution in [3.63, 3.8) is 0 Å². The van der Waals surface area contributed by atoms with E-state index < -0.39 is 0 Å². The molecule has 0 atom stereocenters. The zero-order chi connectivity index (χ0) is 15.2. The Kier molecular flexibility index (Phi) is 4.91. The van der Waals surface area contributed by atoms with Gasteiger partial charge in [-0.05, 0) is 19.3 Å². The molecule has 8 heteroatoms. The molecule has 2 heterocycles. The zero-order valence-corrected chi connectivity index (χ0v) is 12.5. The first kappa shape index (κ1) is 15.0. The van der Waals surface area contributed by atoms with E-state index in [1.165, 1.54) is 0 Å². The van der Waals surface area contributed by atoms with Crippen LogP contribution in [0.5, 0.6) is 0 Å². The van der Waals surface area contributed by atoms with Gasteiger partial charge in [0.25, 0.3) is 0 Å². The number of nitrogens with one attached hydrogen (secondary N) is 2. The van der Waals surface area contributed by atoms with E-state index in [0.29, 0.717) is 23.5 Å². The molecule has 2 rings (SSSR count). The lowest BCUT2D eigenvalue weighted by Gasteiger charge is -2.05. The summed E-state index contributed by atoms with van der Waals surface area (Å²) in [6.07, 6.45) is 2.89. The van der Waals surface area contributed by atoms with Gasteiger partial charge in [-0.2, -0.15) is 10.1 Å². The summed E-state index contributed by atoms with van der Waals surface area (Å²) < 4.78 is 6.72. The van der Waals surface area contributed by atoms with Crippen molar-refractivity contribution in [2.75, 3.05) is 5.32 Å². The van der Waals surface area contributed by atoms with Gasteiger partial charge in [0.05, 0.1) is 6.54 Å². The maximum absolute atomic E-state index is 11.7. The summed E-state index contributed by atoms with van der Waals surface area (Å²) in [6.45, 7) is 7.06. The Morgan fingerprint density at radius 1 is 1.48 bits per heavy atom. The average molecular weight is 292 g/mol. The second-order valence-electron chi connectivity index (χ2n) is 5.19. The molecule has 0 radical (unpaired) electrons. The first-order valence-electron chi connectivity index (χ1n) is 6.90. The molecule has 0 unspecified atom stereocenters. The summed E-state index contributed by atoms with van der Waals surface area (Å²) in [5, 5.41) is 13.2. The quantitative estimate of drug-likeness (QED) is 0.848. The van der Waals surface area contributed by atoms with Crippen LogP contribution in [0.1, 0.15) is 32.0 Å². The van der Waals surface area contributed by atoms with Crippen molar-refractivity contribution >= 4 is 11.8 Å². The molecule has 21 heavy (non-hydrogen) atoms. The van der Waals surface area contributed by atoms with Crippen LogP contribution >= 0.6 is 0 Å². The molecule has 0 saturated carbocycles. The number of amides is 2. The van der Waals surface area contributed by atoms with Crippen LogP contribution < -0.4 is 10.6 Å². The van der Waals surface area contributed by atoms with E-state index in [9.17, 15) is 4.79 Å². The van der Waals surface area contributed by atoms with Gasteiger partial charge in [0.2, 0.25) is 5.89 Å². The van der Waals surface area contributed by atoms with Gasteiger partial charge in [-0.25, -0.2) is 4.79 Å². The number of rotatable bonds is 6. The van der Waals surface area contributed by atoms with Crippen LogP contribution in [0.25, 0.3) is 0 Å². The lowest BCUT2D eigenvalue weighted by Crippen LogP contribution is -2.28. The minimum Gasteiger partial charge on any atom is -0.337 e. The van der Waals surface area contributed by atoms with Crippen molar-refractivity contribution in [3.8, 4) is 0 Å². The van der Waals surface area contributed by atoms with Gasteiger partial charge in [-0.1, -0.05) is 19.0 Å². The van der Waals surface area contributed by atoms with E-state index in [2.05, 4.69) is 39.7 Å². The normalized spacial score (nSPS) is 10.9. The average Bonchev–Trinajstić information content (AvgIpc) is 3.03. The molecule has 0 aliphatic carbocycles. The van der Waals surface area contributed by atoms with E-state index >= 15 is 0 Å². The van der Waals surface area contributed by atoms with Crippen LogP contribution in [0.4, 0.5) is 10.6 Å². The second-order valence-corrected chi connectivity index (χ2v) is 5.19. The van der Waals surface area contributed by atoms with Gasteiger partial charge in [0, 0.05) is 18.8 Å². The molecule has 2 aromatic rings. The molecule has 2 amide bonds. The Morgan fingerprint density at radius 3 is 2.95 bits per heavy atom. The van der Waals surface area contributed by atoms with Gasteiger partial charge in [0.1, 0.15) is 0 Å². The molecular formula is C13H20N6O2. The highest BCUT2D eigenvalue weighted by atomic mass is 16.5. The van der Waals surface area contributed by atoms with Crippen LogP contribution in [0.2, 0.25) is 0 Å². The lowest BCUT2D eigenvalue weighted by atomic mass is 10.1. The molecule has 2 aromatic heterocycles. The van der Waals surface area contributed by atoms with Crippen molar-refractivity contribution in [2.45, 2.75) is 40.3 Å². The third kappa shape index (κ3) is 4.90. The van der Waals surface area contributed by atoms with Crippen LogP contribution in [0.3, 0.4) is 0 Å². The molecule has 8 nitrogen and oxygen atoms in total. The van der Waals surface area contributed by atoms with Crippen molar-refractivity contribution in [3.05, 3.63) is 24.0 Å². The first-order valence-corrected chi connectivity index (χ1v) is 6.90. The highest BCUT2D eigenvalue weighted by molar-refractivity contribution is 5.87. The Morgan fingerprint density at radius 2 is 2.29 bits per heavy atom. The van der Waals surface area contributed by atoms with Gasteiger partial charge < -0.3 is 9.84 Å². The summed E-state index contributed by atoms with van der Waals surface area (Å²) in [5.74, 6) is 2.03. The van der Waals surface area contributed by atoms with E-state index in [4.69, 9.17) is 4.52 Å². The molecule has 0 aliphatic heterocycles. The Hall–Kier alpha value is -2.38. The lowest BCUT2D eigenvalue weighted by molar-refractivity contribution is 0.249. The summed E-state index contributed by atoms with van der Waals surface area (Å²) >= 11 is 0. The number of aryl methyl sites for hydroxylation is 2. The molecule has 0 saturated heterocycles. The number of hydrogen-bond acceptors (Lipinski definition) is 5. The van der Waals surface area contributed by atoms with Gasteiger partial charge in [-0.15, -0.1) is 0 Å². The van der Waals surface area contributed by atoms with Crippen molar-refractivity contribution < 1.29 is 9.32 Å². The van der Waals surface area contributed by atoms with Crippen LogP contribution in [0.15, 0.2) is 16.8 Å². The van der Waals surface area contributed by atoms with Gasteiger partial charge >= 0.3 is 6.03 Å². The monoisotopic (exact) mass is 292 g/mol. The molecular weight excluding hydrogens is 272 g/mol. The van der Waals surface area contributed by atoms with Crippen molar-refractivity contribution in [2.24, 2.45) is 5.92 Å². The molecule has 0 spiro atoms. The predicted octanol–water partition coefficient (Wildman–Crippen LogP) is 1.94. The maximum atomic E-state index is 11.7. The highest BCUT2D eigenvalue weighted by Gasteiger charge is 2.07. The Labute approximate surface area is 122 Å². The van der Waals surface area contributed by atoms with Gasteiger partial charge in [0.15, 0.2) is 11.6 Å². The number of nitrogens with zero attached hydrogens (tertiary/aromatic N) is 4. The highest BCUT2D eigenvalue weighted by Crippen LogP contribution is 2.06. The third-order valence-corrected chi connectivity index (χ3v) is 2.79. The van der Waals surface area contributed by atoms with Gasteiger partial charge in [-0.3, -0.25) is 10.00 Å². The number of hydrogen-bond donors (Lipinski definition) is 2. The van der Waals surface area contributed by atoms with Crippen LogP contribution in [-0.4, -0.2) is 26.0 Å². The zero-order valence-electron chi connectivity index (χ0n) is 12.5. The smallest absolute Gasteiger partial charge is 0.320 e. The minimum absolute atomic E-state index is 0.181. The van der Waals surface area contributed by atoms with E-state index in [1.807, 2.05) is 10.9 Å². The topological polar surface area (TPSA) is 97.9 Å². The van der Waals surface area contributed by atoms with Crippen LogP contribution in [-0.2, 0) is 13.1 Å². The molecule has 0 aliphatic rings. The van der Waals surface area contributed by atoms with E-state index in [-0.39, 0.29) is 12.6 Å². The molecule has 114 valence electrons. The SMILES string of the molecule is Cc1noc(CNC(=O)Nc2ccn(CCC(C)C)n2)n1. The fourth-order valence-corrected chi connectivity index (χ4v) is 1.67. The number of carbonyl (C=O) groups excluding carboxylic acids is 1. The fraction of sp³-hybridized carbons (Fsp3) is 0.538. The largest absolute Gasteiger partial charge is 0.337 e. The first-order chi connectivity index (χ1) is 10.0. The summed E-state index contributed by atoms with van der Waals surface area (Å²) in [7, 11) is 0. The number of anilines is 1. The minimum atomic E-state index is -0.361. The number of aromatic nitrogens is 4. The molecule has 0 aromatic carbocycles. The summed E-state index contributed by atoms with van der Waals surface area (Å²) in [4.78, 5) is 15.7. The second kappa shape index (κ2) is 6.87.